The Hall–Kier alpha value is -3.21. The zero-order valence-corrected chi connectivity index (χ0v) is 23.5. The van der Waals surface area contributed by atoms with Crippen LogP contribution in [0.15, 0.2) is 102 Å². The van der Waals surface area contributed by atoms with Gasteiger partial charge in [0.2, 0.25) is 5.88 Å². The van der Waals surface area contributed by atoms with Gasteiger partial charge in [-0.15, -0.1) is 0 Å². The van der Waals surface area contributed by atoms with Crippen molar-refractivity contribution in [1.82, 2.24) is 9.88 Å². The van der Waals surface area contributed by atoms with Gasteiger partial charge in [-0.3, -0.25) is 0 Å². The van der Waals surface area contributed by atoms with Gasteiger partial charge in [-0.25, -0.2) is 4.98 Å². The molecule has 0 bridgehead atoms. The molecule has 5 aromatic rings. The van der Waals surface area contributed by atoms with E-state index in [-0.39, 0.29) is 11.3 Å². The molecule has 0 fully saturated rings. The first-order chi connectivity index (χ1) is 17.9. The summed E-state index contributed by atoms with van der Waals surface area (Å²) in [6.07, 6.45) is 0.966. The first-order valence-electron chi connectivity index (χ1n) is 12.7. The molecular formula is C33H33BrN2O. The lowest BCUT2D eigenvalue weighted by Gasteiger charge is -2.41. The Bertz CT molecular complexity index is 1530. The minimum atomic E-state index is -0.249. The van der Waals surface area contributed by atoms with Gasteiger partial charge in [0.1, 0.15) is 0 Å². The number of rotatable bonds is 8. The second-order valence-electron chi connectivity index (χ2n) is 10.3. The highest BCUT2D eigenvalue weighted by Crippen LogP contribution is 2.50. The Kier molecular flexibility index (Phi) is 7.32. The third kappa shape index (κ3) is 5.01. The third-order valence-corrected chi connectivity index (χ3v) is 8.02. The van der Waals surface area contributed by atoms with Gasteiger partial charge >= 0.3 is 0 Å². The lowest BCUT2D eigenvalue weighted by molar-refractivity contribution is 0.302. The summed E-state index contributed by atoms with van der Waals surface area (Å²) < 4.78 is 7.04. The predicted molar refractivity (Wildman–Crippen MR) is 159 cm³/mol. The van der Waals surface area contributed by atoms with Crippen molar-refractivity contribution in [2.75, 3.05) is 27.7 Å². The van der Waals surface area contributed by atoms with Crippen LogP contribution in [0.25, 0.3) is 21.7 Å². The molecular weight excluding hydrogens is 520 g/mol. The molecule has 188 valence electrons. The summed E-state index contributed by atoms with van der Waals surface area (Å²) in [7, 11) is 6.03. The van der Waals surface area contributed by atoms with Gasteiger partial charge in [-0.05, 0) is 73.2 Å². The molecule has 37 heavy (non-hydrogen) atoms. The smallest absolute Gasteiger partial charge is 0.217 e. The molecule has 0 aliphatic rings. The van der Waals surface area contributed by atoms with Crippen LogP contribution in [-0.4, -0.2) is 37.6 Å². The Morgan fingerprint density at radius 3 is 2.35 bits per heavy atom. The van der Waals surface area contributed by atoms with Crippen molar-refractivity contribution in [2.45, 2.75) is 24.7 Å². The number of ether oxygens (including phenoxy) is 1. The normalized spacial score (nSPS) is 14.1. The summed E-state index contributed by atoms with van der Waals surface area (Å²) >= 11 is 3.65. The van der Waals surface area contributed by atoms with Crippen LogP contribution in [0, 0.1) is 0 Å². The Morgan fingerprint density at radius 1 is 0.865 bits per heavy atom. The second-order valence-corrected chi connectivity index (χ2v) is 11.2. The summed E-state index contributed by atoms with van der Waals surface area (Å²) in [4.78, 5) is 7.27. The number of nitrogens with zero attached hydrogens (tertiary/aromatic N) is 2. The molecule has 4 heteroatoms. The number of aromatic nitrogens is 1. The molecule has 0 amide bonds. The van der Waals surface area contributed by atoms with E-state index in [1.54, 1.807) is 7.11 Å². The van der Waals surface area contributed by atoms with Crippen molar-refractivity contribution in [1.29, 1.82) is 0 Å². The van der Waals surface area contributed by atoms with Crippen molar-refractivity contribution in [3.63, 3.8) is 0 Å². The number of fused-ring (bicyclic) bond motifs is 2. The fraction of sp³-hybridized carbons (Fsp3) is 0.242. The SMILES string of the molecule is COc1nc2ccc(Br)cc2cc1C(c1ccccc1)C(C)(CCN(C)C)c1cccc2ccccc12. The van der Waals surface area contributed by atoms with Gasteiger partial charge in [-0.1, -0.05) is 95.7 Å². The van der Waals surface area contributed by atoms with Crippen LogP contribution < -0.4 is 4.74 Å². The number of benzene rings is 4. The molecule has 0 radical (unpaired) electrons. The Balaban J connectivity index is 1.84. The van der Waals surface area contributed by atoms with E-state index in [9.17, 15) is 0 Å². The van der Waals surface area contributed by atoms with E-state index in [1.807, 2.05) is 12.1 Å². The van der Waals surface area contributed by atoms with E-state index in [1.165, 1.54) is 21.9 Å². The van der Waals surface area contributed by atoms with Crippen LogP contribution in [0.3, 0.4) is 0 Å². The summed E-state index contributed by atoms with van der Waals surface area (Å²) in [5.41, 5.74) is 4.38. The molecule has 4 aromatic carbocycles. The molecule has 3 nitrogen and oxygen atoms in total. The molecule has 0 saturated carbocycles. The average molecular weight is 554 g/mol. The topological polar surface area (TPSA) is 25.4 Å². The van der Waals surface area contributed by atoms with E-state index in [0.717, 1.165) is 33.9 Å². The molecule has 1 aromatic heterocycles. The van der Waals surface area contributed by atoms with Crippen LogP contribution in [0.5, 0.6) is 5.88 Å². The predicted octanol–water partition coefficient (Wildman–Crippen LogP) is 8.20. The number of hydrogen-bond acceptors (Lipinski definition) is 3. The van der Waals surface area contributed by atoms with E-state index in [4.69, 9.17) is 9.72 Å². The maximum absolute atomic E-state index is 6.00. The minimum Gasteiger partial charge on any atom is -0.481 e. The van der Waals surface area contributed by atoms with Gasteiger partial charge in [-0.2, -0.15) is 0 Å². The third-order valence-electron chi connectivity index (χ3n) is 7.53. The number of halogens is 1. The quantitative estimate of drug-likeness (QED) is 0.194. The molecule has 2 unspecified atom stereocenters. The van der Waals surface area contributed by atoms with E-state index in [0.29, 0.717) is 5.88 Å². The lowest BCUT2D eigenvalue weighted by Crippen LogP contribution is -2.35. The molecule has 0 spiro atoms. The first kappa shape index (κ1) is 25.4. The van der Waals surface area contributed by atoms with Gasteiger partial charge in [0.15, 0.2) is 0 Å². The van der Waals surface area contributed by atoms with Gasteiger partial charge < -0.3 is 9.64 Å². The van der Waals surface area contributed by atoms with Crippen molar-refractivity contribution < 1.29 is 4.74 Å². The molecule has 0 saturated heterocycles. The molecule has 0 N–H and O–H groups in total. The molecule has 1 heterocycles. The van der Waals surface area contributed by atoms with Crippen LogP contribution in [0.2, 0.25) is 0 Å². The van der Waals surface area contributed by atoms with E-state index in [2.05, 4.69) is 127 Å². The summed E-state index contributed by atoms with van der Waals surface area (Å²) in [5, 5.41) is 3.65. The van der Waals surface area contributed by atoms with Crippen molar-refractivity contribution >= 4 is 37.6 Å². The molecule has 5 rings (SSSR count). The number of methoxy groups -OCH3 is 1. The fourth-order valence-corrected chi connectivity index (χ4v) is 6.05. The Morgan fingerprint density at radius 2 is 1.59 bits per heavy atom. The first-order valence-corrected chi connectivity index (χ1v) is 13.5. The van der Waals surface area contributed by atoms with Crippen LogP contribution >= 0.6 is 15.9 Å². The summed E-state index contributed by atoms with van der Waals surface area (Å²) in [6, 6.07) is 34.8. The average Bonchev–Trinajstić information content (AvgIpc) is 2.92. The standard InChI is InChI=1S/C33H33BrN2O/c1-33(19-20-36(2)3,29-16-10-14-23-11-8-9-15-27(23)29)31(24-12-6-5-7-13-24)28-22-25-21-26(34)17-18-30(25)35-32(28)37-4/h5-18,21-22,31H,19-20H2,1-4H3. The lowest BCUT2D eigenvalue weighted by atomic mass is 9.63. The van der Waals surface area contributed by atoms with Crippen molar-refractivity contribution in [3.05, 3.63) is 118 Å². The summed E-state index contributed by atoms with van der Waals surface area (Å²) in [5.74, 6) is 0.699. The maximum atomic E-state index is 6.00. The minimum absolute atomic E-state index is 0.0188. The number of hydrogen-bond donors (Lipinski definition) is 0. The van der Waals surface area contributed by atoms with Crippen molar-refractivity contribution in [3.8, 4) is 5.88 Å². The number of pyridine rings is 1. The zero-order chi connectivity index (χ0) is 26.0. The molecule has 0 aliphatic carbocycles. The fourth-order valence-electron chi connectivity index (χ4n) is 5.67. The van der Waals surface area contributed by atoms with Crippen LogP contribution in [-0.2, 0) is 5.41 Å². The van der Waals surface area contributed by atoms with E-state index < -0.39 is 0 Å². The van der Waals surface area contributed by atoms with Gasteiger partial charge in [0.25, 0.3) is 0 Å². The zero-order valence-electron chi connectivity index (χ0n) is 21.9. The van der Waals surface area contributed by atoms with E-state index >= 15 is 0 Å². The highest BCUT2D eigenvalue weighted by Gasteiger charge is 2.40. The van der Waals surface area contributed by atoms with Crippen molar-refractivity contribution in [2.24, 2.45) is 0 Å². The van der Waals surface area contributed by atoms with Crippen LogP contribution in [0.1, 0.15) is 36.0 Å². The largest absolute Gasteiger partial charge is 0.481 e. The maximum Gasteiger partial charge on any atom is 0.217 e. The highest BCUT2D eigenvalue weighted by atomic mass is 79.9. The van der Waals surface area contributed by atoms with Gasteiger partial charge in [0, 0.05) is 26.8 Å². The van der Waals surface area contributed by atoms with Gasteiger partial charge in [0.05, 0.1) is 12.6 Å². The Labute approximate surface area is 228 Å². The molecule has 0 aliphatic heterocycles. The highest BCUT2D eigenvalue weighted by molar-refractivity contribution is 9.10. The summed E-state index contributed by atoms with van der Waals surface area (Å²) in [6.45, 7) is 3.37. The second kappa shape index (κ2) is 10.6. The monoisotopic (exact) mass is 552 g/mol. The van der Waals surface area contributed by atoms with Crippen LogP contribution in [0.4, 0.5) is 0 Å². The molecule has 2 atom stereocenters.